The quantitative estimate of drug-likeness (QED) is 0.847. The van der Waals surface area contributed by atoms with Crippen LogP contribution in [0.2, 0.25) is 0 Å². The third-order valence-corrected chi connectivity index (χ3v) is 3.40. The number of aromatic amines is 1. The summed E-state index contributed by atoms with van der Waals surface area (Å²) >= 11 is 0. The van der Waals surface area contributed by atoms with E-state index in [9.17, 15) is 9.59 Å². The number of hydrogen-bond donors (Lipinski definition) is 2. The lowest BCUT2D eigenvalue weighted by atomic mass is 10.1. The summed E-state index contributed by atoms with van der Waals surface area (Å²) in [6, 6.07) is 12.9. The lowest BCUT2D eigenvalue weighted by Gasteiger charge is -2.11. The Kier molecular flexibility index (Phi) is 2.91. The second kappa shape index (κ2) is 4.72. The molecule has 0 saturated heterocycles. The number of aromatic nitrogens is 1. The number of carbonyl (C=O) groups is 1. The highest BCUT2D eigenvalue weighted by Gasteiger charge is 2.22. The van der Waals surface area contributed by atoms with Crippen LogP contribution in [0.15, 0.2) is 47.3 Å². The number of nitrogens with one attached hydrogen (secondary N) is 2. The SMILES string of the molecule is O=C(NC1Cc2ccccc2C1)c1cccc(=O)[nH]1. The third-order valence-electron chi connectivity index (χ3n) is 3.40. The summed E-state index contributed by atoms with van der Waals surface area (Å²) in [5.41, 5.74) is 2.62. The van der Waals surface area contributed by atoms with E-state index in [-0.39, 0.29) is 17.5 Å². The Morgan fingerprint density at radius 3 is 2.37 bits per heavy atom. The molecule has 4 nitrogen and oxygen atoms in total. The van der Waals surface area contributed by atoms with E-state index in [1.54, 1.807) is 12.1 Å². The van der Waals surface area contributed by atoms with Gasteiger partial charge in [0.15, 0.2) is 0 Å². The number of H-pyrrole nitrogens is 1. The van der Waals surface area contributed by atoms with E-state index in [4.69, 9.17) is 0 Å². The highest BCUT2D eigenvalue weighted by Crippen LogP contribution is 2.21. The molecule has 0 aliphatic heterocycles. The molecule has 19 heavy (non-hydrogen) atoms. The van der Waals surface area contributed by atoms with Gasteiger partial charge in [-0.3, -0.25) is 9.59 Å². The fourth-order valence-corrected chi connectivity index (χ4v) is 2.50. The van der Waals surface area contributed by atoms with Gasteiger partial charge in [-0.15, -0.1) is 0 Å². The first-order valence-electron chi connectivity index (χ1n) is 6.29. The van der Waals surface area contributed by atoms with Crippen LogP contribution in [0.5, 0.6) is 0 Å². The number of benzene rings is 1. The van der Waals surface area contributed by atoms with Gasteiger partial charge in [-0.25, -0.2) is 0 Å². The molecule has 0 unspecified atom stereocenters. The lowest BCUT2D eigenvalue weighted by Crippen LogP contribution is -2.36. The first kappa shape index (κ1) is 11.7. The Morgan fingerprint density at radius 2 is 1.74 bits per heavy atom. The zero-order valence-electron chi connectivity index (χ0n) is 10.3. The Labute approximate surface area is 110 Å². The monoisotopic (exact) mass is 254 g/mol. The molecule has 1 heterocycles. The highest BCUT2D eigenvalue weighted by atomic mass is 16.2. The maximum Gasteiger partial charge on any atom is 0.268 e. The molecule has 4 heteroatoms. The zero-order valence-corrected chi connectivity index (χ0v) is 10.3. The van der Waals surface area contributed by atoms with Crippen molar-refractivity contribution < 1.29 is 4.79 Å². The van der Waals surface area contributed by atoms with E-state index >= 15 is 0 Å². The van der Waals surface area contributed by atoms with Gasteiger partial charge in [0, 0.05) is 12.1 Å². The van der Waals surface area contributed by atoms with Crippen molar-refractivity contribution in [1.29, 1.82) is 0 Å². The molecular weight excluding hydrogens is 240 g/mol. The summed E-state index contributed by atoms with van der Waals surface area (Å²) < 4.78 is 0. The molecule has 3 rings (SSSR count). The van der Waals surface area contributed by atoms with Crippen molar-refractivity contribution in [2.75, 3.05) is 0 Å². The van der Waals surface area contributed by atoms with E-state index in [2.05, 4.69) is 22.4 Å². The van der Waals surface area contributed by atoms with Crippen LogP contribution >= 0.6 is 0 Å². The number of rotatable bonds is 2. The summed E-state index contributed by atoms with van der Waals surface area (Å²) in [5.74, 6) is -0.226. The summed E-state index contributed by atoms with van der Waals surface area (Å²) in [6.45, 7) is 0. The molecule has 0 saturated carbocycles. The molecule has 0 radical (unpaired) electrons. The van der Waals surface area contributed by atoms with Crippen LogP contribution in [0.4, 0.5) is 0 Å². The van der Waals surface area contributed by atoms with E-state index in [0.29, 0.717) is 5.69 Å². The minimum atomic E-state index is -0.262. The first-order chi connectivity index (χ1) is 9.22. The van der Waals surface area contributed by atoms with Crippen molar-refractivity contribution >= 4 is 5.91 Å². The zero-order chi connectivity index (χ0) is 13.2. The third kappa shape index (κ3) is 2.42. The lowest BCUT2D eigenvalue weighted by molar-refractivity contribution is 0.0933. The molecular formula is C15H14N2O2. The number of fused-ring (bicyclic) bond motifs is 1. The molecule has 0 spiro atoms. The topological polar surface area (TPSA) is 62.0 Å². The summed E-state index contributed by atoms with van der Waals surface area (Å²) in [5, 5.41) is 2.96. The van der Waals surface area contributed by atoms with Crippen molar-refractivity contribution in [3.8, 4) is 0 Å². The van der Waals surface area contributed by atoms with Gasteiger partial charge in [0.05, 0.1) is 0 Å². The Balaban J connectivity index is 1.71. The molecule has 2 N–H and O–H groups in total. The van der Waals surface area contributed by atoms with Crippen LogP contribution in [0, 0.1) is 0 Å². The number of amides is 1. The van der Waals surface area contributed by atoms with Crippen molar-refractivity contribution in [1.82, 2.24) is 10.3 Å². The molecule has 96 valence electrons. The van der Waals surface area contributed by atoms with Gasteiger partial charge in [-0.1, -0.05) is 30.3 Å². The largest absolute Gasteiger partial charge is 0.347 e. The Hall–Kier alpha value is -2.36. The van der Waals surface area contributed by atoms with Crippen LogP contribution in [-0.2, 0) is 12.8 Å². The molecule has 1 aromatic carbocycles. The van der Waals surface area contributed by atoms with Crippen molar-refractivity contribution in [2.45, 2.75) is 18.9 Å². The van der Waals surface area contributed by atoms with Crippen LogP contribution in [0.25, 0.3) is 0 Å². The molecule has 1 aromatic heterocycles. The fourth-order valence-electron chi connectivity index (χ4n) is 2.50. The second-order valence-electron chi connectivity index (χ2n) is 4.78. The van der Waals surface area contributed by atoms with E-state index in [1.807, 2.05) is 12.1 Å². The Morgan fingerprint density at radius 1 is 1.05 bits per heavy atom. The van der Waals surface area contributed by atoms with Gasteiger partial charge in [-0.05, 0) is 30.0 Å². The minimum Gasteiger partial charge on any atom is -0.347 e. The van der Waals surface area contributed by atoms with Gasteiger partial charge in [0.2, 0.25) is 5.56 Å². The van der Waals surface area contributed by atoms with Gasteiger partial charge in [-0.2, -0.15) is 0 Å². The smallest absolute Gasteiger partial charge is 0.268 e. The van der Waals surface area contributed by atoms with Crippen molar-refractivity contribution in [3.63, 3.8) is 0 Å². The maximum absolute atomic E-state index is 12.0. The van der Waals surface area contributed by atoms with Crippen LogP contribution in [0.3, 0.4) is 0 Å². The fraction of sp³-hybridized carbons (Fsp3) is 0.200. The molecule has 2 aromatic rings. The standard InChI is InChI=1S/C15H14N2O2/c18-14-7-3-6-13(17-14)15(19)16-12-8-10-4-1-2-5-11(10)9-12/h1-7,12H,8-9H2,(H,16,19)(H,17,18). The normalized spacial score (nSPS) is 14.1. The van der Waals surface area contributed by atoms with Crippen molar-refractivity contribution in [3.05, 3.63) is 69.6 Å². The van der Waals surface area contributed by atoms with E-state index in [1.165, 1.54) is 17.2 Å². The second-order valence-corrected chi connectivity index (χ2v) is 4.78. The van der Waals surface area contributed by atoms with E-state index < -0.39 is 0 Å². The molecule has 1 aliphatic rings. The first-order valence-corrected chi connectivity index (χ1v) is 6.29. The molecule has 0 atom stereocenters. The van der Waals surface area contributed by atoms with Gasteiger partial charge < -0.3 is 10.3 Å². The van der Waals surface area contributed by atoms with Crippen LogP contribution < -0.4 is 10.9 Å². The van der Waals surface area contributed by atoms with Crippen molar-refractivity contribution in [2.24, 2.45) is 0 Å². The van der Waals surface area contributed by atoms with Gasteiger partial charge >= 0.3 is 0 Å². The maximum atomic E-state index is 12.0. The molecule has 0 fully saturated rings. The van der Waals surface area contributed by atoms with E-state index in [0.717, 1.165) is 12.8 Å². The number of hydrogen-bond acceptors (Lipinski definition) is 2. The summed E-state index contributed by atoms with van der Waals surface area (Å²) in [6.07, 6.45) is 1.69. The summed E-state index contributed by atoms with van der Waals surface area (Å²) in [7, 11) is 0. The number of carbonyl (C=O) groups excluding carboxylic acids is 1. The Bertz CT molecular complexity index is 651. The molecule has 0 bridgehead atoms. The molecule has 1 aliphatic carbocycles. The summed E-state index contributed by atoms with van der Waals surface area (Å²) in [4.78, 5) is 25.7. The average molecular weight is 254 g/mol. The predicted octanol–water partition coefficient (Wildman–Crippen LogP) is 1.27. The number of pyridine rings is 1. The van der Waals surface area contributed by atoms with Gasteiger partial charge in [0.25, 0.3) is 5.91 Å². The highest BCUT2D eigenvalue weighted by molar-refractivity contribution is 5.92. The van der Waals surface area contributed by atoms with Crippen LogP contribution in [0.1, 0.15) is 21.6 Å². The average Bonchev–Trinajstić information content (AvgIpc) is 2.80. The van der Waals surface area contributed by atoms with Gasteiger partial charge in [0.1, 0.15) is 5.69 Å². The molecule has 1 amide bonds. The predicted molar refractivity (Wildman–Crippen MR) is 72.2 cm³/mol. The van der Waals surface area contributed by atoms with Crippen LogP contribution in [-0.4, -0.2) is 16.9 Å². The minimum absolute atomic E-state index is 0.105.